The first kappa shape index (κ1) is 18.3. The van der Waals surface area contributed by atoms with Gasteiger partial charge in [-0.05, 0) is 36.2 Å². The Balaban J connectivity index is 1.63. The van der Waals surface area contributed by atoms with E-state index in [-0.39, 0.29) is 0 Å². The zero-order valence-corrected chi connectivity index (χ0v) is 15.4. The fraction of sp³-hybridized carbons (Fsp3) is 0.125. The number of aryl methyl sites for hydroxylation is 1. The van der Waals surface area contributed by atoms with Crippen LogP contribution in [0.25, 0.3) is 4.85 Å². The standard InChI is InChI=1S/C24H22N2O/c1-19-15-21(13-14-24(19)27-18-20-9-5-3-6-10-20)16-23(25-2)17-26-22-11-7-4-8-12-22/h3-15,17,26H,16,18H2,1H3/b23-17-. The first-order chi connectivity index (χ1) is 13.2. The van der Waals surface area contributed by atoms with E-state index in [0.29, 0.717) is 18.7 Å². The Kier molecular flexibility index (Phi) is 6.27. The van der Waals surface area contributed by atoms with Crippen LogP contribution < -0.4 is 10.1 Å². The fourth-order valence-corrected chi connectivity index (χ4v) is 2.75. The highest BCUT2D eigenvalue weighted by atomic mass is 16.5. The van der Waals surface area contributed by atoms with Crippen LogP contribution in [-0.4, -0.2) is 0 Å². The number of para-hydroxylation sites is 1. The van der Waals surface area contributed by atoms with Crippen molar-refractivity contribution in [2.45, 2.75) is 20.0 Å². The van der Waals surface area contributed by atoms with Gasteiger partial charge >= 0.3 is 0 Å². The van der Waals surface area contributed by atoms with Crippen molar-refractivity contribution >= 4 is 5.69 Å². The molecule has 3 rings (SSSR count). The number of allylic oxidation sites excluding steroid dienone is 1. The Morgan fingerprint density at radius 3 is 2.33 bits per heavy atom. The van der Waals surface area contributed by atoms with Crippen LogP contribution in [0.2, 0.25) is 0 Å². The molecule has 0 atom stereocenters. The molecule has 0 fully saturated rings. The van der Waals surface area contributed by atoms with Crippen LogP contribution in [0.4, 0.5) is 5.69 Å². The van der Waals surface area contributed by atoms with Crippen molar-refractivity contribution in [3.63, 3.8) is 0 Å². The van der Waals surface area contributed by atoms with Gasteiger partial charge in [0.05, 0.1) is 6.57 Å². The van der Waals surface area contributed by atoms with Gasteiger partial charge in [0.2, 0.25) is 0 Å². The highest BCUT2D eigenvalue weighted by molar-refractivity contribution is 5.46. The lowest BCUT2D eigenvalue weighted by atomic mass is 10.1. The van der Waals surface area contributed by atoms with Gasteiger partial charge in [0.15, 0.2) is 5.70 Å². The molecule has 0 saturated carbocycles. The maximum absolute atomic E-state index is 7.42. The lowest BCUT2D eigenvalue weighted by Gasteiger charge is -2.11. The minimum Gasteiger partial charge on any atom is -0.489 e. The number of ether oxygens (including phenoxy) is 1. The molecule has 0 spiro atoms. The third kappa shape index (κ3) is 5.49. The molecular weight excluding hydrogens is 332 g/mol. The van der Waals surface area contributed by atoms with Gasteiger partial charge < -0.3 is 10.1 Å². The predicted molar refractivity (Wildman–Crippen MR) is 110 cm³/mol. The summed E-state index contributed by atoms with van der Waals surface area (Å²) in [6.07, 6.45) is 2.36. The topological polar surface area (TPSA) is 25.6 Å². The number of rotatable bonds is 7. The van der Waals surface area contributed by atoms with Gasteiger partial charge in [0, 0.05) is 18.3 Å². The average Bonchev–Trinajstić information content (AvgIpc) is 2.72. The summed E-state index contributed by atoms with van der Waals surface area (Å²) in [5, 5.41) is 3.18. The maximum Gasteiger partial charge on any atom is 0.185 e. The molecule has 3 aromatic rings. The molecule has 0 saturated heterocycles. The molecule has 3 nitrogen and oxygen atoms in total. The van der Waals surface area contributed by atoms with Crippen LogP contribution in [0.3, 0.4) is 0 Å². The Morgan fingerprint density at radius 1 is 0.963 bits per heavy atom. The van der Waals surface area contributed by atoms with E-state index < -0.39 is 0 Å². The molecule has 3 aromatic carbocycles. The quantitative estimate of drug-likeness (QED) is 0.527. The van der Waals surface area contributed by atoms with E-state index in [0.717, 1.165) is 28.1 Å². The molecule has 0 radical (unpaired) electrons. The van der Waals surface area contributed by atoms with Crippen LogP contribution in [0, 0.1) is 13.5 Å². The summed E-state index contributed by atoms with van der Waals surface area (Å²) in [4.78, 5) is 3.64. The number of hydrogen-bond acceptors (Lipinski definition) is 2. The Labute approximate surface area is 160 Å². The van der Waals surface area contributed by atoms with Crippen molar-refractivity contribution in [3.8, 4) is 5.75 Å². The third-order valence-corrected chi connectivity index (χ3v) is 4.18. The number of benzene rings is 3. The Bertz CT molecular complexity index is 941. The molecule has 0 amide bonds. The molecule has 134 valence electrons. The summed E-state index contributed by atoms with van der Waals surface area (Å²) in [6, 6.07) is 26.1. The van der Waals surface area contributed by atoms with E-state index in [9.17, 15) is 0 Å². The minimum absolute atomic E-state index is 0.551. The number of nitrogens with one attached hydrogen (secondary N) is 1. The first-order valence-electron chi connectivity index (χ1n) is 8.89. The van der Waals surface area contributed by atoms with Gasteiger partial charge in [-0.1, -0.05) is 66.2 Å². The van der Waals surface area contributed by atoms with E-state index in [2.05, 4.69) is 28.4 Å². The molecule has 3 heteroatoms. The SMILES string of the molecule is [C-]#[N+]/C(=C\Nc1ccccc1)Cc1ccc(OCc2ccccc2)c(C)c1. The molecule has 0 aliphatic rings. The van der Waals surface area contributed by atoms with Crippen LogP contribution in [0.15, 0.2) is 90.8 Å². The lowest BCUT2D eigenvalue weighted by molar-refractivity contribution is 0.304. The van der Waals surface area contributed by atoms with Gasteiger partial charge in [-0.3, -0.25) is 0 Å². The summed E-state index contributed by atoms with van der Waals surface area (Å²) < 4.78 is 5.93. The summed E-state index contributed by atoms with van der Waals surface area (Å²) in [5.74, 6) is 0.873. The molecule has 0 unspecified atom stereocenters. The normalized spacial score (nSPS) is 10.9. The largest absolute Gasteiger partial charge is 0.489 e. The van der Waals surface area contributed by atoms with E-state index in [1.807, 2.05) is 67.6 Å². The van der Waals surface area contributed by atoms with Crippen molar-refractivity contribution in [3.05, 3.63) is 119 Å². The van der Waals surface area contributed by atoms with E-state index in [1.165, 1.54) is 0 Å². The smallest absolute Gasteiger partial charge is 0.185 e. The first-order valence-corrected chi connectivity index (χ1v) is 8.89. The number of anilines is 1. The molecule has 1 N–H and O–H groups in total. The number of nitrogens with zero attached hydrogens (tertiary/aromatic N) is 1. The fourth-order valence-electron chi connectivity index (χ4n) is 2.75. The summed E-state index contributed by atoms with van der Waals surface area (Å²) in [7, 11) is 0. The third-order valence-electron chi connectivity index (χ3n) is 4.18. The van der Waals surface area contributed by atoms with E-state index in [4.69, 9.17) is 11.3 Å². The molecule has 0 heterocycles. The molecule has 0 aromatic heterocycles. The van der Waals surface area contributed by atoms with Crippen LogP contribution in [-0.2, 0) is 13.0 Å². The van der Waals surface area contributed by atoms with Crippen molar-refractivity contribution in [2.75, 3.05) is 5.32 Å². The van der Waals surface area contributed by atoms with E-state index in [1.54, 1.807) is 6.20 Å². The van der Waals surface area contributed by atoms with Gasteiger partial charge in [-0.2, -0.15) is 0 Å². The lowest BCUT2D eigenvalue weighted by Crippen LogP contribution is -1.98. The molecule has 0 bridgehead atoms. The van der Waals surface area contributed by atoms with Crippen LogP contribution in [0.1, 0.15) is 16.7 Å². The monoisotopic (exact) mass is 354 g/mol. The average molecular weight is 354 g/mol. The van der Waals surface area contributed by atoms with Crippen molar-refractivity contribution in [2.24, 2.45) is 0 Å². The Morgan fingerprint density at radius 2 is 1.67 bits per heavy atom. The van der Waals surface area contributed by atoms with Gasteiger partial charge in [-0.15, -0.1) is 0 Å². The van der Waals surface area contributed by atoms with E-state index >= 15 is 0 Å². The molecule has 27 heavy (non-hydrogen) atoms. The van der Waals surface area contributed by atoms with Crippen LogP contribution in [0.5, 0.6) is 5.75 Å². The predicted octanol–water partition coefficient (Wildman–Crippen LogP) is 5.99. The highest BCUT2D eigenvalue weighted by Crippen LogP contribution is 2.22. The zero-order valence-electron chi connectivity index (χ0n) is 15.4. The van der Waals surface area contributed by atoms with Crippen LogP contribution >= 0.6 is 0 Å². The second kappa shape index (κ2) is 9.26. The van der Waals surface area contributed by atoms with Gasteiger partial charge in [-0.25, -0.2) is 4.85 Å². The summed E-state index contributed by atoms with van der Waals surface area (Å²) in [5.41, 5.74) is 4.95. The second-order valence-electron chi connectivity index (χ2n) is 6.31. The van der Waals surface area contributed by atoms with Gasteiger partial charge in [0.1, 0.15) is 12.4 Å². The van der Waals surface area contributed by atoms with Crippen molar-refractivity contribution in [1.29, 1.82) is 0 Å². The maximum atomic E-state index is 7.42. The Hall–Kier alpha value is -3.51. The second-order valence-corrected chi connectivity index (χ2v) is 6.31. The van der Waals surface area contributed by atoms with Crippen molar-refractivity contribution < 1.29 is 4.74 Å². The zero-order chi connectivity index (χ0) is 18.9. The summed E-state index contributed by atoms with van der Waals surface area (Å²) >= 11 is 0. The molecule has 0 aliphatic heterocycles. The minimum atomic E-state index is 0.551. The molecule has 0 aliphatic carbocycles. The van der Waals surface area contributed by atoms with Crippen molar-refractivity contribution in [1.82, 2.24) is 0 Å². The number of hydrogen-bond donors (Lipinski definition) is 1. The highest BCUT2D eigenvalue weighted by Gasteiger charge is 2.05. The summed E-state index contributed by atoms with van der Waals surface area (Å²) in [6.45, 7) is 10.0. The molecular formula is C24H22N2O. The van der Waals surface area contributed by atoms with Gasteiger partial charge in [0.25, 0.3) is 0 Å².